The van der Waals surface area contributed by atoms with Crippen molar-refractivity contribution in [3.63, 3.8) is 0 Å². The molecule has 0 radical (unpaired) electrons. The van der Waals surface area contributed by atoms with Gasteiger partial charge in [0.15, 0.2) is 0 Å². The number of para-hydroxylation sites is 1. The monoisotopic (exact) mass is 667 g/mol. The lowest BCUT2D eigenvalue weighted by Gasteiger charge is -2.21. The Kier molecular flexibility index (Phi) is 12.7. The van der Waals surface area contributed by atoms with Crippen molar-refractivity contribution in [2.45, 2.75) is 105 Å². The summed E-state index contributed by atoms with van der Waals surface area (Å²) in [7, 11) is 0. The topological polar surface area (TPSA) is 101 Å². The minimum atomic E-state index is -0.194. The second-order valence-corrected chi connectivity index (χ2v) is 16.4. The van der Waals surface area contributed by atoms with Gasteiger partial charge in [-0.15, -0.1) is 0 Å². The predicted octanol–water partition coefficient (Wildman–Crippen LogP) is 7.08. The molecule has 1 aromatic carbocycles. The first-order chi connectivity index (χ1) is 21.0. The van der Waals surface area contributed by atoms with E-state index in [0.717, 1.165) is 10.2 Å². The molecule has 4 aromatic heterocycles. The standard InChI is InChI=1S/C11H13NOS.C9H13NO.C8H12N2O.C7H11NOS/c1-11(2,3)12-8-6-4-5-7-9(8)14-10(12)13;1-9(2,3)10-7-5-4-6-8(10)11;1-8(2,3)10-6-4-5-9-7(10)11;1-7(2,3)8-4-5-10-6(8)9/h4-7H,1-3H3;4-7H,1-3H3;4-6H,1-3H3;4-5H,1-3H3. The van der Waals surface area contributed by atoms with Gasteiger partial charge in [-0.1, -0.05) is 40.9 Å². The molecule has 0 N–H and O–H groups in total. The van der Waals surface area contributed by atoms with Gasteiger partial charge in [0.25, 0.3) is 5.56 Å². The fraction of sp³-hybridized carbons (Fsp3) is 0.457. The van der Waals surface area contributed by atoms with Crippen molar-refractivity contribution in [1.82, 2.24) is 23.3 Å². The lowest BCUT2D eigenvalue weighted by Crippen LogP contribution is -2.34. The number of rotatable bonds is 0. The van der Waals surface area contributed by atoms with Gasteiger partial charge >= 0.3 is 15.4 Å². The third-order valence-electron chi connectivity index (χ3n) is 6.44. The van der Waals surface area contributed by atoms with Gasteiger partial charge in [0, 0.05) is 58.4 Å². The summed E-state index contributed by atoms with van der Waals surface area (Å²) in [6.45, 7) is 24.1. The Labute approximate surface area is 279 Å². The number of pyridine rings is 1. The predicted molar refractivity (Wildman–Crippen MR) is 194 cm³/mol. The van der Waals surface area contributed by atoms with Crippen molar-refractivity contribution < 1.29 is 0 Å². The summed E-state index contributed by atoms with van der Waals surface area (Å²) in [6, 6.07) is 14.9. The zero-order valence-electron chi connectivity index (χ0n) is 29.2. The first kappa shape index (κ1) is 38.4. The van der Waals surface area contributed by atoms with Gasteiger partial charge in [0.2, 0.25) is 0 Å². The molecule has 11 heteroatoms. The molecule has 5 rings (SSSR count). The number of aromatic nitrogens is 5. The molecule has 0 aliphatic heterocycles. The summed E-state index contributed by atoms with van der Waals surface area (Å²) in [5, 5.41) is 1.81. The largest absolute Gasteiger partial charge is 0.347 e. The first-order valence-electron chi connectivity index (χ1n) is 15.0. The molecule has 0 saturated carbocycles. The maximum Gasteiger partial charge on any atom is 0.347 e. The summed E-state index contributed by atoms with van der Waals surface area (Å²) in [6.07, 6.45) is 6.88. The highest BCUT2D eigenvalue weighted by atomic mass is 32.1. The third kappa shape index (κ3) is 10.9. The van der Waals surface area contributed by atoms with E-state index in [2.05, 4.69) is 4.98 Å². The van der Waals surface area contributed by atoms with Crippen LogP contribution in [0.1, 0.15) is 83.1 Å². The Hall–Kier alpha value is -3.83. The van der Waals surface area contributed by atoms with Crippen LogP contribution >= 0.6 is 22.7 Å². The number of nitrogens with zero attached hydrogens (tertiary/aromatic N) is 5. The number of benzene rings is 1. The molecule has 0 unspecified atom stereocenters. The van der Waals surface area contributed by atoms with Gasteiger partial charge in [-0.05, 0) is 107 Å². The first-order valence-corrected chi connectivity index (χ1v) is 16.7. The van der Waals surface area contributed by atoms with Crippen molar-refractivity contribution >= 4 is 32.9 Å². The van der Waals surface area contributed by atoms with Crippen LogP contribution in [0, 0.1) is 0 Å². The van der Waals surface area contributed by atoms with E-state index in [4.69, 9.17) is 0 Å². The summed E-state index contributed by atoms with van der Waals surface area (Å²) in [5.74, 6) is 0. The van der Waals surface area contributed by atoms with Crippen molar-refractivity contribution in [3.8, 4) is 0 Å². The van der Waals surface area contributed by atoms with Crippen LogP contribution in [0.5, 0.6) is 0 Å². The molecule has 0 aliphatic carbocycles. The quantitative estimate of drug-likeness (QED) is 0.176. The highest BCUT2D eigenvalue weighted by Crippen LogP contribution is 2.23. The van der Waals surface area contributed by atoms with Crippen LogP contribution < -0.4 is 21.0 Å². The van der Waals surface area contributed by atoms with Crippen LogP contribution in [-0.2, 0) is 22.2 Å². The number of thiazole rings is 2. The highest BCUT2D eigenvalue weighted by Gasteiger charge is 2.19. The Morgan fingerprint density at radius 1 is 0.565 bits per heavy atom. The second kappa shape index (κ2) is 15.2. The molecule has 4 heterocycles. The average Bonchev–Trinajstić information content (AvgIpc) is 3.51. The smallest absolute Gasteiger partial charge is 0.310 e. The van der Waals surface area contributed by atoms with E-state index < -0.39 is 0 Å². The molecule has 0 bridgehead atoms. The summed E-state index contributed by atoms with van der Waals surface area (Å²) < 4.78 is 7.97. The molecule has 46 heavy (non-hydrogen) atoms. The number of fused-ring (bicyclic) bond motifs is 1. The Balaban J connectivity index is 0.000000215. The maximum absolute atomic E-state index is 11.8. The van der Waals surface area contributed by atoms with Crippen molar-refractivity contribution in [2.75, 3.05) is 0 Å². The van der Waals surface area contributed by atoms with Gasteiger partial charge in [0.05, 0.1) is 10.2 Å². The zero-order chi connectivity index (χ0) is 35.1. The Bertz CT molecular complexity index is 1870. The van der Waals surface area contributed by atoms with Crippen molar-refractivity contribution in [2.24, 2.45) is 0 Å². The van der Waals surface area contributed by atoms with Gasteiger partial charge in [0.1, 0.15) is 0 Å². The van der Waals surface area contributed by atoms with Crippen LogP contribution in [-0.4, -0.2) is 23.3 Å². The average molecular weight is 668 g/mol. The zero-order valence-corrected chi connectivity index (χ0v) is 30.8. The molecule has 9 nitrogen and oxygen atoms in total. The van der Waals surface area contributed by atoms with E-state index in [-0.39, 0.29) is 43.2 Å². The van der Waals surface area contributed by atoms with E-state index in [0.29, 0.717) is 0 Å². The number of hydrogen-bond donors (Lipinski definition) is 0. The molecule has 0 amide bonds. The van der Waals surface area contributed by atoms with E-state index >= 15 is 0 Å². The minimum absolute atomic E-state index is 0.0556. The van der Waals surface area contributed by atoms with Crippen LogP contribution in [0.25, 0.3) is 10.2 Å². The minimum Gasteiger partial charge on any atom is -0.310 e. The molecular formula is C35H49N5O4S2. The summed E-state index contributed by atoms with van der Waals surface area (Å²) >= 11 is 2.55. The fourth-order valence-corrected chi connectivity index (χ4v) is 6.02. The second-order valence-electron chi connectivity index (χ2n) is 14.6. The number of hydrogen-bond acceptors (Lipinski definition) is 7. The van der Waals surface area contributed by atoms with E-state index in [1.165, 1.54) is 28.9 Å². The van der Waals surface area contributed by atoms with Gasteiger partial charge < -0.3 is 9.13 Å². The van der Waals surface area contributed by atoms with Crippen LogP contribution in [0.15, 0.2) is 97.9 Å². The van der Waals surface area contributed by atoms with Crippen LogP contribution in [0.2, 0.25) is 0 Å². The lowest BCUT2D eigenvalue weighted by atomic mass is 10.1. The van der Waals surface area contributed by atoms with Gasteiger partial charge in [-0.3, -0.25) is 23.5 Å². The summed E-state index contributed by atoms with van der Waals surface area (Å²) in [5.41, 5.74) is 0.396. The van der Waals surface area contributed by atoms with Crippen LogP contribution in [0.4, 0.5) is 0 Å². The molecule has 0 spiro atoms. The van der Waals surface area contributed by atoms with Gasteiger partial charge in [-0.25, -0.2) is 9.78 Å². The normalized spacial score (nSPS) is 11.8. The Morgan fingerprint density at radius 3 is 1.52 bits per heavy atom. The molecule has 0 atom stereocenters. The Morgan fingerprint density at radius 2 is 1.11 bits per heavy atom. The lowest BCUT2D eigenvalue weighted by molar-refractivity contribution is 0.377. The molecule has 250 valence electrons. The molecular weight excluding hydrogens is 619 g/mol. The summed E-state index contributed by atoms with van der Waals surface area (Å²) in [4.78, 5) is 49.1. The SMILES string of the molecule is CC(C)(C)n1c(=O)sc2ccccc21.CC(C)(C)n1ccccc1=O.CC(C)(C)n1cccnc1=O.CC(C)(C)n1ccsc1=O. The third-order valence-corrected chi connectivity index (χ3v) is 8.01. The highest BCUT2D eigenvalue weighted by molar-refractivity contribution is 7.16. The van der Waals surface area contributed by atoms with Gasteiger partial charge in [-0.2, -0.15) is 0 Å². The maximum atomic E-state index is 11.8. The van der Waals surface area contributed by atoms with E-state index in [1.807, 2.05) is 136 Å². The fourth-order valence-electron chi connectivity index (χ4n) is 4.22. The van der Waals surface area contributed by atoms with Crippen molar-refractivity contribution in [3.05, 3.63) is 119 Å². The molecule has 5 aromatic rings. The van der Waals surface area contributed by atoms with E-state index in [9.17, 15) is 19.2 Å². The van der Waals surface area contributed by atoms with Crippen molar-refractivity contribution in [1.29, 1.82) is 0 Å². The molecule has 0 aliphatic rings. The van der Waals surface area contributed by atoms with E-state index in [1.54, 1.807) is 38.1 Å². The molecule has 0 fully saturated rings. The molecule has 0 saturated heterocycles. The van der Waals surface area contributed by atoms with Crippen LogP contribution in [0.3, 0.4) is 0 Å².